The molecule has 3 fully saturated rings. The molecule has 1 saturated heterocycles. The van der Waals surface area contributed by atoms with Crippen molar-refractivity contribution in [2.45, 2.75) is 62.1 Å². The maximum atomic E-state index is 13.5. The van der Waals surface area contributed by atoms with E-state index in [2.05, 4.69) is 54.6 Å². The molecule has 3 amide bonds. The predicted octanol–water partition coefficient (Wildman–Crippen LogP) is 2.42. The van der Waals surface area contributed by atoms with Gasteiger partial charge >= 0.3 is 6.03 Å². The fraction of sp³-hybridized carbons (Fsp3) is 0.704. The first-order chi connectivity index (χ1) is 16.8. The average molecular weight is 487 g/mol. The number of carbonyl (C=O) groups excluding carboxylic acids is 2. The molecule has 3 aliphatic rings. The zero-order valence-corrected chi connectivity index (χ0v) is 21.5. The number of urea groups is 1. The molecule has 35 heavy (non-hydrogen) atoms. The summed E-state index contributed by atoms with van der Waals surface area (Å²) in [5.41, 5.74) is 1.02. The minimum Gasteiger partial charge on any atom is -0.393 e. The summed E-state index contributed by atoms with van der Waals surface area (Å²) in [6.45, 7) is 2.51. The molecule has 1 spiro atoms. The smallest absolute Gasteiger partial charge is 0.321 e. The van der Waals surface area contributed by atoms with E-state index in [0.29, 0.717) is 32.2 Å². The van der Waals surface area contributed by atoms with Gasteiger partial charge in [-0.15, -0.1) is 0 Å². The van der Waals surface area contributed by atoms with Crippen LogP contribution in [0.1, 0.15) is 50.5 Å². The summed E-state index contributed by atoms with van der Waals surface area (Å²) in [5.74, 6) is 0.229. The number of carbonyl (C=O) groups is 2. The van der Waals surface area contributed by atoms with Gasteiger partial charge in [0.25, 0.3) is 0 Å². The number of nitrogens with zero attached hydrogens (tertiary/aromatic N) is 3. The summed E-state index contributed by atoms with van der Waals surface area (Å²) in [6, 6.07) is 10.7. The van der Waals surface area contributed by atoms with Gasteiger partial charge in [-0.25, -0.2) is 4.79 Å². The first-order valence-electron chi connectivity index (χ1n) is 13.0. The van der Waals surface area contributed by atoms with Crippen LogP contribution in [0.4, 0.5) is 4.79 Å². The van der Waals surface area contributed by atoms with E-state index >= 15 is 0 Å². The van der Waals surface area contributed by atoms with Crippen molar-refractivity contribution in [3.05, 3.63) is 35.9 Å². The van der Waals surface area contributed by atoms with E-state index in [1.807, 2.05) is 4.90 Å². The van der Waals surface area contributed by atoms with Gasteiger partial charge in [-0.05, 0) is 70.5 Å². The molecule has 2 N–H and O–H groups in total. The number of hydrogen-bond donors (Lipinski definition) is 2. The van der Waals surface area contributed by atoms with Crippen LogP contribution in [0.3, 0.4) is 0 Å². The molecule has 1 aliphatic heterocycles. The second kappa shape index (κ2) is 10.8. The number of aliphatic hydroxyl groups is 1. The highest BCUT2D eigenvalue weighted by atomic mass is 16.5. The van der Waals surface area contributed by atoms with Gasteiger partial charge in [0, 0.05) is 38.9 Å². The first kappa shape index (κ1) is 25.9. The Hall–Kier alpha value is -2.16. The van der Waals surface area contributed by atoms with E-state index in [1.165, 1.54) is 5.56 Å². The zero-order chi connectivity index (χ0) is 25.1. The molecule has 0 aromatic heterocycles. The Morgan fingerprint density at radius 3 is 2.46 bits per heavy atom. The van der Waals surface area contributed by atoms with E-state index < -0.39 is 0 Å². The van der Waals surface area contributed by atoms with Crippen molar-refractivity contribution >= 4 is 11.9 Å². The van der Waals surface area contributed by atoms with Crippen LogP contribution >= 0.6 is 0 Å². The lowest BCUT2D eigenvalue weighted by molar-refractivity contribution is -0.122. The Bertz CT molecular complexity index is 863. The number of methoxy groups -OCH3 is 1. The van der Waals surface area contributed by atoms with Gasteiger partial charge in [-0.1, -0.05) is 30.3 Å². The number of hydrogen-bond acceptors (Lipinski definition) is 5. The van der Waals surface area contributed by atoms with Crippen LogP contribution in [0.15, 0.2) is 30.3 Å². The second-order valence-corrected chi connectivity index (χ2v) is 10.9. The molecule has 1 aromatic carbocycles. The topological polar surface area (TPSA) is 85.3 Å². The van der Waals surface area contributed by atoms with Crippen molar-refractivity contribution in [3.63, 3.8) is 0 Å². The SMILES string of the molecule is COCCCN1C(=O)N(CC(=O)NCC2CC(O)C2)CC12CCC(c1ccccc1)(N(C)C)CC2. The van der Waals surface area contributed by atoms with Crippen molar-refractivity contribution in [2.75, 3.05) is 54.0 Å². The summed E-state index contributed by atoms with van der Waals surface area (Å²) >= 11 is 0. The fourth-order valence-electron chi connectivity index (χ4n) is 6.36. The maximum absolute atomic E-state index is 13.5. The van der Waals surface area contributed by atoms with Crippen molar-refractivity contribution in [1.29, 1.82) is 0 Å². The van der Waals surface area contributed by atoms with E-state index in [-0.39, 0.29) is 35.7 Å². The lowest BCUT2D eigenvalue weighted by Crippen LogP contribution is -2.55. The third kappa shape index (κ3) is 5.34. The minimum atomic E-state index is -0.253. The summed E-state index contributed by atoms with van der Waals surface area (Å²) in [4.78, 5) is 32.3. The van der Waals surface area contributed by atoms with Gasteiger partial charge in [0.2, 0.25) is 5.91 Å². The number of benzene rings is 1. The predicted molar refractivity (Wildman–Crippen MR) is 135 cm³/mol. The average Bonchev–Trinajstić information content (AvgIpc) is 3.07. The van der Waals surface area contributed by atoms with Gasteiger partial charge in [0.15, 0.2) is 0 Å². The van der Waals surface area contributed by atoms with Crippen LogP contribution in [-0.2, 0) is 15.1 Å². The molecular weight excluding hydrogens is 444 g/mol. The molecule has 8 nitrogen and oxygen atoms in total. The van der Waals surface area contributed by atoms with Crippen molar-refractivity contribution in [1.82, 2.24) is 20.0 Å². The van der Waals surface area contributed by atoms with Crippen molar-refractivity contribution < 1.29 is 19.4 Å². The quantitative estimate of drug-likeness (QED) is 0.496. The molecule has 0 radical (unpaired) electrons. The Morgan fingerprint density at radius 1 is 1.17 bits per heavy atom. The molecule has 0 unspecified atom stereocenters. The van der Waals surface area contributed by atoms with E-state index in [1.54, 1.807) is 12.0 Å². The van der Waals surface area contributed by atoms with Crippen LogP contribution in [0, 0.1) is 5.92 Å². The molecule has 1 aromatic rings. The molecule has 1 heterocycles. The minimum absolute atomic E-state index is 0.0348. The third-order valence-electron chi connectivity index (χ3n) is 8.60. The fourth-order valence-corrected chi connectivity index (χ4v) is 6.36. The van der Waals surface area contributed by atoms with Crippen LogP contribution < -0.4 is 5.32 Å². The van der Waals surface area contributed by atoms with E-state index in [9.17, 15) is 14.7 Å². The highest BCUT2D eigenvalue weighted by molar-refractivity contribution is 5.86. The van der Waals surface area contributed by atoms with Crippen LogP contribution in [0.5, 0.6) is 0 Å². The lowest BCUT2D eigenvalue weighted by Gasteiger charge is -2.51. The third-order valence-corrected chi connectivity index (χ3v) is 8.60. The molecule has 8 heteroatoms. The van der Waals surface area contributed by atoms with Crippen LogP contribution in [-0.4, -0.2) is 97.4 Å². The maximum Gasteiger partial charge on any atom is 0.321 e. The Balaban J connectivity index is 1.45. The summed E-state index contributed by atoms with van der Waals surface area (Å²) in [5, 5.41) is 12.4. The molecule has 0 atom stereocenters. The number of nitrogens with one attached hydrogen (secondary N) is 1. The van der Waals surface area contributed by atoms with Crippen molar-refractivity contribution in [2.24, 2.45) is 5.92 Å². The molecular formula is C27H42N4O4. The number of amides is 3. The molecule has 194 valence electrons. The number of aliphatic hydroxyl groups excluding tert-OH is 1. The number of ether oxygens (including phenoxy) is 1. The normalized spacial score (nSPS) is 30.7. The van der Waals surface area contributed by atoms with Crippen LogP contribution in [0.25, 0.3) is 0 Å². The van der Waals surface area contributed by atoms with Gasteiger partial charge in [0.1, 0.15) is 6.54 Å². The largest absolute Gasteiger partial charge is 0.393 e. The van der Waals surface area contributed by atoms with E-state index in [4.69, 9.17) is 4.74 Å². The Labute approximate surface area is 209 Å². The van der Waals surface area contributed by atoms with Gasteiger partial charge in [-0.3, -0.25) is 9.69 Å². The van der Waals surface area contributed by atoms with Gasteiger partial charge < -0.3 is 25.0 Å². The van der Waals surface area contributed by atoms with Crippen molar-refractivity contribution in [3.8, 4) is 0 Å². The highest BCUT2D eigenvalue weighted by Crippen LogP contribution is 2.48. The zero-order valence-electron chi connectivity index (χ0n) is 21.5. The van der Waals surface area contributed by atoms with E-state index in [0.717, 1.165) is 44.9 Å². The van der Waals surface area contributed by atoms with Gasteiger partial charge in [0.05, 0.1) is 11.6 Å². The second-order valence-electron chi connectivity index (χ2n) is 10.9. The Morgan fingerprint density at radius 2 is 1.86 bits per heavy atom. The molecule has 0 bridgehead atoms. The molecule has 2 aliphatic carbocycles. The Kier molecular flexibility index (Phi) is 8.03. The molecule has 4 rings (SSSR count). The summed E-state index contributed by atoms with van der Waals surface area (Å²) in [6.07, 6.45) is 5.76. The van der Waals surface area contributed by atoms with Crippen LogP contribution in [0.2, 0.25) is 0 Å². The monoisotopic (exact) mass is 486 g/mol. The first-order valence-corrected chi connectivity index (χ1v) is 13.0. The molecule has 2 saturated carbocycles. The standard InChI is InChI=1S/C27H42N4O4/c1-29(2)27(22-8-5-4-6-9-22)12-10-26(11-13-27)20-30(25(34)31(26)14-7-15-35-3)19-24(33)28-18-21-16-23(32)17-21/h4-6,8-9,21,23,32H,7,10-20H2,1-3H3,(H,28,33). The highest BCUT2D eigenvalue weighted by Gasteiger charge is 2.54. The summed E-state index contributed by atoms with van der Waals surface area (Å²) < 4.78 is 5.26. The number of rotatable bonds is 10. The lowest BCUT2D eigenvalue weighted by atomic mass is 9.68. The summed E-state index contributed by atoms with van der Waals surface area (Å²) in [7, 11) is 5.99. The van der Waals surface area contributed by atoms with Gasteiger partial charge in [-0.2, -0.15) is 0 Å².